The quantitative estimate of drug-likeness (QED) is 0.924. The molecule has 1 aromatic heterocycles. The van der Waals surface area contributed by atoms with Crippen LogP contribution in [0.2, 0.25) is 0 Å². The number of nitrogens with zero attached hydrogens (tertiary/aromatic N) is 3. The van der Waals surface area contributed by atoms with Crippen molar-refractivity contribution in [3.63, 3.8) is 0 Å². The summed E-state index contributed by atoms with van der Waals surface area (Å²) in [6.45, 7) is 4.63. The Labute approximate surface area is 127 Å². The zero-order chi connectivity index (χ0) is 14.7. The first-order chi connectivity index (χ1) is 10.3. The van der Waals surface area contributed by atoms with E-state index in [4.69, 9.17) is 10.5 Å². The van der Waals surface area contributed by atoms with E-state index in [1.54, 1.807) is 7.11 Å². The van der Waals surface area contributed by atoms with Crippen LogP contribution in [-0.2, 0) is 0 Å². The molecular formula is C16H26N4O. The molecule has 3 rings (SSSR count). The SMILES string of the molecule is COc1ccc(N)c(N2CCC(N3CCCCC3)CC2)n1. The number of likely N-dealkylation sites (tertiary alicyclic amines) is 1. The first kappa shape index (κ1) is 14.4. The molecule has 21 heavy (non-hydrogen) atoms. The topological polar surface area (TPSA) is 54.6 Å². The van der Waals surface area contributed by atoms with Crippen LogP contribution >= 0.6 is 0 Å². The molecule has 0 aliphatic carbocycles. The molecule has 0 bridgehead atoms. The molecule has 0 saturated carbocycles. The van der Waals surface area contributed by atoms with Crippen LogP contribution in [0, 0.1) is 0 Å². The third-order valence-electron chi connectivity index (χ3n) is 4.76. The molecule has 2 N–H and O–H groups in total. The van der Waals surface area contributed by atoms with Crippen molar-refractivity contribution in [3.05, 3.63) is 12.1 Å². The summed E-state index contributed by atoms with van der Waals surface area (Å²) < 4.78 is 5.22. The van der Waals surface area contributed by atoms with Crippen molar-refractivity contribution in [1.29, 1.82) is 0 Å². The average molecular weight is 290 g/mol. The van der Waals surface area contributed by atoms with Crippen molar-refractivity contribution in [1.82, 2.24) is 9.88 Å². The van der Waals surface area contributed by atoms with E-state index in [0.29, 0.717) is 5.88 Å². The Morgan fingerprint density at radius 3 is 2.48 bits per heavy atom. The number of aromatic nitrogens is 1. The van der Waals surface area contributed by atoms with Gasteiger partial charge in [-0.25, -0.2) is 0 Å². The number of rotatable bonds is 3. The fraction of sp³-hybridized carbons (Fsp3) is 0.688. The van der Waals surface area contributed by atoms with Crippen molar-refractivity contribution in [2.45, 2.75) is 38.1 Å². The Hall–Kier alpha value is -1.49. The lowest BCUT2D eigenvalue weighted by Crippen LogP contribution is -2.47. The maximum absolute atomic E-state index is 6.08. The number of hydrogen-bond acceptors (Lipinski definition) is 5. The van der Waals surface area contributed by atoms with Crippen LogP contribution in [0.5, 0.6) is 5.88 Å². The lowest BCUT2D eigenvalue weighted by Gasteiger charge is -2.40. The maximum Gasteiger partial charge on any atom is 0.215 e. The summed E-state index contributed by atoms with van der Waals surface area (Å²) in [5, 5.41) is 0. The molecule has 5 heteroatoms. The minimum Gasteiger partial charge on any atom is -0.481 e. The van der Waals surface area contributed by atoms with E-state index in [0.717, 1.165) is 30.6 Å². The van der Waals surface area contributed by atoms with Crippen LogP contribution in [0.1, 0.15) is 32.1 Å². The van der Waals surface area contributed by atoms with Gasteiger partial charge in [0.1, 0.15) is 0 Å². The summed E-state index contributed by atoms with van der Waals surface area (Å²) in [6, 6.07) is 4.45. The van der Waals surface area contributed by atoms with Crippen molar-refractivity contribution in [2.75, 3.05) is 43.9 Å². The Kier molecular flexibility index (Phi) is 4.48. The molecule has 1 aromatic rings. The van der Waals surface area contributed by atoms with E-state index in [9.17, 15) is 0 Å². The summed E-state index contributed by atoms with van der Waals surface area (Å²) >= 11 is 0. The van der Waals surface area contributed by atoms with E-state index in [-0.39, 0.29) is 0 Å². The smallest absolute Gasteiger partial charge is 0.215 e. The standard InChI is InChI=1S/C16H26N4O/c1-21-15-6-5-14(17)16(18-15)20-11-7-13(8-12-20)19-9-3-2-4-10-19/h5-6,13H,2-4,7-12,17H2,1H3. The first-order valence-electron chi connectivity index (χ1n) is 8.07. The summed E-state index contributed by atoms with van der Waals surface area (Å²) in [4.78, 5) is 9.50. The zero-order valence-corrected chi connectivity index (χ0v) is 12.9. The highest BCUT2D eigenvalue weighted by atomic mass is 16.5. The Morgan fingerprint density at radius 1 is 1.10 bits per heavy atom. The van der Waals surface area contributed by atoms with E-state index < -0.39 is 0 Å². The largest absolute Gasteiger partial charge is 0.481 e. The van der Waals surface area contributed by atoms with E-state index in [2.05, 4.69) is 14.8 Å². The van der Waals surface area contributed by atoms with Gasteiger partial charge in [0.15, 0.2) is 5.82 Å². The fourth-order valence-corrected chi connectivity index (χ4v) is 3.54. The molecule has 3 heterocycles. The van der Waals surface area contributed by atoms with Gasteiger partial charge in [-0.1, -0.05) is 6.42 Å². The van der Waals surface area contributed by atoms with Crippen LogP contribution in [0.25, 0.3) is 0 Å². The number of pyridine rings is 1. The predicted octanol–water partition coefficient (Wildman–Crippen LogP) is 2.13. The molecular weight excluding hydrogens is 264 g/mol. The molecule has 0 aromatic carbocycles. The van der Waals surface area contributed by atoms with Gasteiger partial charge in [0.05, 0.1) is 12.8 Å². The van der Waals surface area contributed by atoms with Crippen molar-refractivity contribution >= 4 is 11.5 Å². The minimum atomic E-state index is 0.636. The van der Waals surface area contributed by atoms with Gasteiger partial charge in [0, 0.05) is 25.2 Å². The van der Waals surface area contributed by atoms with Crippen LogP contribution in [0.3, 0.4) is 0 Å². The van der Waals surface area contributed by atoms with Gasteiger partial charge in [0.2, 0.25) is 5.88 Å². The summed E-state index contributed by atoms with van der Waals surface area (Å²) in [7, 11) is 1.64. The third-order valence-corrected chi connectivity index (χ3v) is 4.76. The first-order valence-corrected chi connectivity index (χ1v) is 8.07. The molecule has 0 atom stereocenters. The molecule has 2 saturated heterocycles. The van der Waals surface area contributed by atoms with E-state index in [1.807, 2.05) is 12.1 Å². The molecule has 0 spiro atoms. The van der Waals surface area contributed by atoms with Gasteiger partial charge in [-0.2, -0.15) is 4.98 Å². The van der Waals surface area contributed by atoms with Crippen LogP contribution in [0.15, 0.2) is 12.1 Å². The number of hydrogen-bond donors (Lipinski definition) is 1. The number of anilines is 2. The molecule has 0 radical (unpaired) electrons. The predicted molar refractivity (Wildman–Crippen MR) is 85.9 cm³/mol. The minimum absolute atomic E-state index is 0.636. The zero-order valence-electron chi connectivity index (χ0n) is 12.9. The number of nitrogen functional groups attached to an aromatic ring is 1. The highest BCUT2D eigenvalue weighted by Crippen LogP contribution is 2.28. The molecule has 2 aliphatic heterocycles. The molecule has 0 amide bonds. The van der Waals surface area contributed by atoms with Gasteiger partial charge in [0.25, 0.3) is 0 Å². The molecule has 116 valence electrons. The number of ether oxygens (including phenoxy) is 1. The lowest BCUT2D eigenvalue weighted by molar-refractivity contribution is 0.141. The second-order valence-electron chi connectivity index (χ2n) is 6.08. The van der Waals surface area contributed by atoms with Gasteiger partial charge < -0.3 is 20.3 Å². The van der Waals surface area contributed by atoms with Crippen molar-refractivity contribution in [2.24, 2.45) is 0 Å². The van der Waals surface area contributed by atoms with Crippen molar-refractivity contribution < 1.29 is 4.74 Å². The van der Waals surface area contributed by atoms with Gasteiger partial charge >= 0.3 is 0 Å². The van der Waals surface area contributed by atoms with E-state index >= 15 is 0 Å². The number of nitrogens with two attached hydrogens (primary N) is 1. The van der Waals surface area contributed by atoms with Gasteiger partial charge in [-0.05, 0) is 44.8 Å². The second kappa shape index (κ2) is 6.52. The van der Waals surface area contributed by atoms with Crippen LogP contribution in [0.4, 0.5) is 11.5 Å². The molecule has 2 aliphatic rings. The number of piperidine rings is 2. The normalized spacial score (nSPS) is 21.5. The third kappa shape index (κ3) is 3.23. The highest BCUT2D eigenvalue weighted by Gasteiger charge is 2.26. The average Bonchev–Trinajstić information content (AvgIpc) is 2.56. The van der Waals surface area contributed by atoms with Gasteiger partial charge in [-0.15, -0.1) is 0 Å². The second-order valence-corrected chi connectivity index (χ2v) is 6.08. The lowest BCUT2D eigenvalue weighted by atomic mass is 10.00. The summed E-state index contributed by atoms with van der Waals surface area (Å²) in [6.07, 6.45) is 6.55. The van der Waals surface area contributed by atoms with E-state index in [1.165, 1.54) is 45.2 Å². The van der Waals surface area contributed by atoms with Gasteiger partial charge in [-0.3, -0.25) is 0 Å². The van der Waals surface area contributed by atoms with Crippen molar-refractivity contribution in [3.8, 4) is 5.88 Å². The fourth-order valence-electron chi connectivity index (χ4n) is 3.54. The Morgan fingerprint density at radius 2 is 1.81 bits per heavy atom. The highest BCUT2D eigenvalue weighted by molar-refractivity contribution is 5.63. The van der Waals surface area contributed by atoms with Crippen LogP contribution < -0.4 is 15.4 Å². The van der Waals surface area contributed by atoms with Crippen LogP contribution in [-0.4, -0.2) is 49.2 Å². The Balaban J connectivity index is 1.62. The molecule has 0 unspecified atom stereocenters. The molecule has 5 nitrogen and oxygen atoms in total. The number of methoxy groups -OCH3 is 1. The maximum atomic E-state index is 6.08. The Bertz CT molecular complexity index is 465. The monoisotopic (exact) mass is 290 g/mol. The summed E-state index contributed by atoms with van der Waals surface area (Å²) in [5.74, 6) is 1.52. The molecule has 2 fully saturated rings. The summed E-state index contributed by atoms with van der Waals surface area (Å²) in [5.41, 5.74) is 6.83.